The van der Waals surface area contributed by atoms with E-state index in [-0.39, 0.29) is 17.8 Å². The highest BCUT2D eigenvalue weighted by Crippen LogP contribution is 2.46. The van der Waals surface area contributed by atoms with Crippen molar-refractivity contribution >= 4 is 5.97 Å². The maximum atomic E-state index is 10.6. The van der Waals surface area contributed by atoms with E-state index in [2.05, 4.69) is 15.2 Å². The van der Waals surface area contributed by atoms with Crippen molar-refractivity contribution in [2.75, 3.05) is 0 Å². The Morgan fingerprint density at radius 3 is 2.79 bits per heavy atom. The van der Waals surface area contributed by atoms with Crippen LogP contribution >= 0.6 is 0 Å². The average molecular weight is 195 g/mol. The second-order valence-electron chi connectivity index (χ2n) is 4.02. The smallest absolute Gasteiger partial charge is 0.307 e. The van der Waals surface area contributed by atoms with Crippen LogP contribution in [0.4, 0.5) is 0 Å². The molecule has 0 aromatic carbocycles. The van der Waals surface area contributed by atoms with E-state index in [9.17, 15) is 4.79 Å². The molecule has 0 spiro atoms. The van der Waals surface area contributed by atoms with E-state index in [0.717, 1.165) is 11.6 Å². The van der Waals surface area contributed by atoms with Gasteiger partial charge in [0.1, 0.15) is 5.82 Å². The molecule has 0 bridgehead atoms. The molecule has 0 amide bonds. The summed E-state index contributed by atoms with van der Waals surface area (Å²) in [6.45, 7) is 4.02. The van der Waals surface area contributed by atoms with Gasteiger partial charge in [-0.1, -0.05) is 13.8 Å². The first-order valence-corrected chi connectivity index (χ1v) is 4.74. The van der Waals surface area contributed by atoms with Crippen molar-refractivity contribution in [1.29, 1.82) is 0 Å². The van der Waals surface area contributed by atoms with Crippen LogP contribution in [0.1, 0.15) is 43.8 Å². The molecule has 1 heterocycles. The lowest BCUT2D eigenvalue weighted by Gasteiger charge is -1.93. The van der Waals surface area contributed by atoms with Crippen LogP contribution in [0.15, 0.2) is 0 Å². The summed E-state index contributed by atoms with van der Waals surface area (Å²) in [7, 11) is 0. The first kappa shape index (κ1) is 9.18. The lowest BCUT2D eigenvalue weighted by molar-refractivity contribution is -0.138. The van der Waals surface area contributed by atoms with Crippen LogP contribution in [0.25, 0.3) is 0 Å². The number of aromatic nitrogens is 3. The fourth-order valence-corrected chi connectivity index (χ4v) is 1.48. The molecule has 0 radical (unpaired) electrons. The zero-order valence-corrected chi connectivity index (χ0v) is 8.19. The van der Waals surface area contributed by atoms with Crippen molar-refractivity contribution in [1.82, 2.24) is 15.2 Å². The summed E-state index contributed by atoms with van der Waals surface area (Å²) in [5.41, 5.74) is 0. The number of hydrogen-bond donors (Lipinski definition) is 2. The standard InChI is InChI=1S/C9H13N3O2/c1-4(2)7-10-8(12-11-7)5-3-6(5)9(13)14/h4-6H,3H2,1-2H3,(H,13,14)(H,10,11,12). The second kappa shape index (κ2) is 3.08. The highest BCUT2D eigenvalue weighted by atomic mass is 16.4. The monoisotopic (exact) mass is 195 g/mol. The van der Waals surface area contributed by atoms with Gasteiger partial charge in [0.15, 0.2) is 5.82 Å². The Hall–Kier alpha value is -1.39. The fourth-order valence-electron chi connectivity index (χ4n) is 1.48. The van der Waals surface area contributed by atoms with Gasteiger partial charge >= 0.3 is 5.97 Å². The SMILES string of the molecule is CC(C)c1n[nH]c(C2CC2C(=O)O)n1. The number of carboxylic acids is 1. The van der Waals surface area contributed by atoms with E-state index in [1.54, 1.807) is 0 Å². The van der Waals surface area contributed by atoms with Gasteiger partial charge < -0.3 is 5.11 Å². The van der Waals surface area contributed by atoms with Crippen molar-refractivity contribution in [2.45, 2.75) is 32.1 Å². The molecule has 1 fully saturated rings. The predicted molar refractivity (Wildman–Crippen MR) is 49.0 cm³/mol. The average Bonchev–Trinajstić information content (AvgIpc) is 2.76. The third-order valence-corrected chi connectivity index (χ3v) is 2.50. The van der Waals surface area contributed by atoms with Gasteiger partial charge in [-0.05, 0) is 6.42 Å². The first-order chi connectivity index (χ1) is 6.59. The predicted octanol–water partition coefficient (Wildman–Crippen LogP) is 1.12. The molecule has 1 aliphatic carbocycles. The Morgan fingerprint density at radius 2 is 2.36 bits per heavy atom. The molecular formula is C9H13N3O2. The van der Waals surface area contributed by atoms with E-state index >= 15 is 0 Å². The molecule has 0 saturated heterocycles. The minimum absolute atomic E-state index is 0.0486. The summed E-state index contributed by atoms with van der Waals surface area (Å²) in [4.78, 5) is 14.9. The van der Waals surface area contributed by atoms with E-state index in [0.29, 0.717) is 6.42 Å². The van der Waals surface area contributed by atoms with Gasteiger partial charge in [-0.25, -0.2) is 4.98 Å². The summed E-state index contributed by atoms with van der Waals surface area (Å²) < 4.78 is 0. The van der Waals surface area contributed by atoms with Gasteiger partial charge in [-0.2, -0.15) is 5.10 Å². The van der Waals surface area contributed by atoms with E-state index in [1.165, 1.54) is 0 Å². The Balaban J connectivity index is 2.09. The van der Waals surface area contributed by atoms with Crippen LogP contribution in [0.2, 0.25) is 0 Å². The number of aliphatic carboxylic acids is 1. The van der Waals surface area contributed by atoms with Gasteiger partial charge in [-0.15, -0.1) is 0 Å². The van der Waals surface area contributed by atoms with Gasteiger partial charge in [0.2, 0.25) is 0 Å². The van der Waals surface area contributed by atoms with Crippen molar-refractivity contribution in [3.63, 3.8) is 0 Å². The third-order valence-electron chi connectivity index (χ3n) is 2.50. The zero-order valence-electron chi connectivity index (χ0n) is 8.19. The molecule has 2 unspecified atom stereocenters. The number of aromatic amines is 1. The number of hydrogen-bond acceptors (Lipinski definition) is 3. The number of nitrogens with zero attached hydrogens (tertiary/aromatic N) is 2. The van der Waals surface area contributed by atoms with Crippen LogP contribution < -0.4 is 0 Å². The molecular weight excluding hydrogens is 182 g/mol. The number of rotatable bonds is 3. The molecule has 2 rings (SSSR count). The van der Waals surface area contributed by atoms with Gasteiger partial charge in [0.05, 0.1) is 5.92 Å². The zero-order chi connectivity index (χ0) is 10.3. The largest absolute Gasteiger partial charge is 0.481 e. The van der Waals surface area contributed by atoms with E-state index in [1.807, 2.05) is 13.8 Å². The molecule has 76 valence electrons. The van der Waals surface area contributed by atoms with Crippen LogP contribution in [0.3, 0.4) is 0 Å². The van der Waals surface area contributed by atoms with Crippen molar-refractivity contribution in [3.05, 3.63) is 11.6 Å². The molecule has 5 heteroatoms. The summed E-state index contributed by atoms with van der Waals surface area (Å²) >= 11 is 0. The summed E-state index contributed by atoms with van der Waals surface area (Å²) in [6, 6.07) is 0. The van der Waals surface area contributed by atoms with E-state index in [4.69, 9.17) is 5.11 Å². The lowest BCUT2D eigenvalue weighted by Crippen LogP contribution is -1.99. The van der Waals surface area contributed by atoms with Gasteiger partial charge in [-0.3, -0.25) is 9.89 Å². The van der Waals surface area contributed by atoms with Gasteiger partial charge in [0, 0.05) is 11.8 Å². The molecule has 0 aliphatic heterocycles. The lowest BCUT2D eigenvalue weighted by atomic mass is 10.2. The fraction of sp³-hybridized carbons (Fsp3) is 0.667. The summed E-state index contributed by atoms with van der Waals surface area (Å²) in [6.07, 6.45) is 0.683. The Kier molecular flexibility index (Phi) is 2.02. The molecule has 2 N–H and O–H groups in total. The molecule has 5 nitrogen and oxygen atoms in total. The number of carbonyl (C=O) groups is 1. The Bertz CT molecular complexity index is 359. The van der Waals surface area contributed by atoms with Gasteiger partial charge in [0.25, 0.3) is 0 Å². The summed E-state index contributed by atoms with van der Waals surface area (Å²) in [5.74, 6) is 0.812. The third kappa shape index (κ3) is 1.49. The number of carboxylic acid groups (broad SMARTS) is 1. The normalized spacial score (nSPS) is 25.4. The number of H-pyrrole nitrogens is 1. The Morgan fingerprint density at radius 1 is 1.64 bits per heavy atom. The maximum absolute atomic E-state index is 10.6. The van der Waals surface area contributed by atoms with Crippen molar-refractivity contribution < 1.29 is 9.90 Å². The Labute approximate surface area is 81.6 Å². The molecule has 1 saturated carbocycles. The minimum Gasteiger partial charge on any atom is -0.481 e. The molecule has 1 aromatic heterocycles. The van der Waals surface area contributed by atoms with Crippen LogP contribution in [0.5, 0.6) is 0 Å². The molecule has 1 aromatic rings. The molecule has 14 heavy (non-hydrogen) atoms. The van der Waals surface area contributed by atoms with Crippen LogP contribution in [-0.4, -0.2) is 26.3 Å². The maximum Gasteiger partial charge on any atom is 0.307 e. The highest BCUT2D eigenvalue weighted by molar-refractivity contribution is 5.74. The second-order valence-corrected chi connectivity index (χ2v) is 4.02. The number of nitrogens with one attached hydrogen (secondary N) is 1. The minimum atomic E-state index is -0.738. The molecule has 2 atom stereocenters. The van der Waals surface area contributed by atoms with Crippen molar-refractivity contribution in [2.24, 2.45) is 5.92 Å². The molecule has 1 aliphatic rings. The summed E-state index contributed by atoms with van der Waals surface area (Å²) in [5, 5.41) is 15.6. The topological polar surface area (TPSA) is 78.9 Å². The van der Waals surface area contributed by atoms with E-state index < -0.39 is 5.97 Å². The van der Waals surface area contributed by atoms with Crippen LogP contribution in [-0.2, 0) is 4.79 Å². The highest BCUT2D eigenvalue weighted by Gasteiger charge is 2.46. The quantitative estimate of drug-likeness (QED) is 0.757. The van der Waals surface area contributed by atoms with Crippen molar-refractivity contribution in [3.8, 4) is 0 Å². The van der Waals surface area contributed by atoms with Crippen LogP contribution in [0, 0.1) is 5.92 Å². The first-order valence-electron chi connectivity index (χ1n) is 4.74.